The van der Waals surface area contributed by atoms with Crippen molar-refractivity contribution in [3.8, 4) is 0 Å². The molecule has 0 saturated carbocycles. The molecule has 0 spiro atoms. The van der Waals surface area contributed by atoms with Gasteiger partial charge in [-0.2, -0.15) is 0 Å². The highest BCUT2D eigenvalue weighted by molar-refractivity contribution is 7.47. The molecule has 1 fully saturated rings. The summed E-state index contributed by atoms with van der Waals surface area (Å²) < 4.78 is 44.9. The van der Waals surface area contributed by atoms with Crippen LogP contribution in [0.1, 0.15) is 191 Å². The van der Waals surface area contributed by atoms with E-state index in [9.17, 15) is 19.0 Å². The predicted octanol–water partition coefficient (Wildman–Crippen LogP) is 12.4. The molecule has 4 atom stereocenters. The minimum atomic E-state index is -4.41. The monoisotopic (exact) mass is 878 g/mol. The van der Waals surface area contributed by atoms with Crippen LogP contribution in [-0.2, 0) is 50.3 Å². The van der Waals surface area contributed by atoms with E-state index in [1.165, 1.54) is 99.7 Å². The molecule has 0 amide bonds. The highest BCUT2D eigenvalue weighted by atomic mass is 31.2. The summed E-state index contributed by atoms with van der Waals surface area (Å²) in [5, 5.41) is 0. The summed E-state index contributed by atoms with van der Waals surface area (Å²) in [5.74, 6) is 1.45. The van der Waals surface area contributed by atoms with E-state index in [0.29, 0.717) is 12.8 Å². The molecular weight excluding hydrogens is 794 g/mol. The molecule has 1 aromatic heterocycles. The number of unbranched alkanes of at least 4 members (excludes halogenated alkanes) is 14. The van der Waals surface area contributed by atoms with Crippen LogP contribution in [0.15, 0.2) is 40.9 Å². The summed E-state index contributed by atoms with van der Waals surface area (Å²) in [6, 6.07) is 0. The van der Waals surface area contributed by atoms with Crippen LogP contribution in [0.5, 0.6) is 0 Å². The second-order valence-corrected chi connectivity index (χ2v) is 18.0. The maximum absolute atomic E-state index is 12.7. The van der Waals surface area contributed by atoms with Crippen molar-refractivity contribution in [2.75, 3.05) is 26.4 Å². The minimum absolute atomic E-state index is 0.0368. The van der Waals surface area contributed by atoms with E-state index >= 15 is 0 Å². The van der Waals surface area contributed by atoms with Crippen molar-refractivity contribution in [1.29, 1.82) is 0 Å². The van der Waals surface area contributed by atoms with E-state index in [2.05, 4.69) is 64.2 Å². The Bertz CT molecular complexity index is 1440. The van der Waals surface area contributed by atoms with Crippen LogP contribution in [-0.4, -0.2) is 61.5 Å². The first kappa shape index (κ1) is 54.6. The summed E-state index contributed by atoms with van der Waals surface area (Å²) in [7, 11) is -4.41. The lowest BCUT2D eigenvalue weighted by molar-refractivity contribution is -0.161. The van der Waals surface area contributed by atoms with E-state index in [4.69, 9.17) is 33.4 Å². The van der Waals surface area contributed by atoms with Crippen LogP contribution in [0.25, 0.3) is 0 Å². The van der Waals surface area contributed by atoms with Crippen LogP contribution >= 0.6 is 7.82 Å². The van der Waals surface area contributed by atoms with Gasteiger partial charge in [-0.1, -0.05) is 127 Å². The average Bonchev–Trinajstić information content (AvgIpc) is 3.94. The first-order valence-electron chi connectivity index (χ1n) is 23.9. The maximum atomic E-state index is 12.7. The quantitative estimate of drug-likeness (QED) is 0.0212. The van der Waals surface area contributed by atoms with Crippen LogP contribution in [0, 0.1) is 13.8 Å². The molecule has 0 aliphatic carbocycles. The lowest BCUT2D eigenvalue weighted by Crippen LogP contribution is -2.29. The summed E-state index contributed by atoms with van der Waals surface area (Å²) in [6.45, 7) is 7.96. The average molecular weight is 878 g/mol. The topological polar surface area (TPSA) is 160 Å². The summed E-state index contributed by atoms with van der Waals surface area (Å²) in [6.07, 6.45) is 38.7. The number of phosphoric ester groups is 1. The zero-order valence-electron chi connectivity index (χ0n) is 38.6. The number of carbonyl (C=O) groups excluding carboxylic acids is 2. The largest absolute Gasteiger partial charge is 0.472 e. The Morgan fingerprint density at radius 2 is 1.25 bits per heavy atom. The highest BCUT2D eigenvalue weighted by Gasteiger charge is 2.36. The number of epoxide rings is 1. The molecule has 1 saturated heterocycles. The molecule has 1 aliphatic rings. The van der Waals surface area contributed by atoms with Gasteiger partial charge in [-0.3, -0.25) is 18.6 Å². The van der Waals surface area contributed by atoms with Crippen molar-refractivity contribution in [3.05, 3.63) is 59.1 Å². The fourth-order valence-electron chi connectivity index (χ4n) is 7.19. The van der Waals surface area contributed by atoms with Gasteiger partial charge in [0, 0.05) is 32.2 Å². The van der Waals surface area contributed by atoms with Gasteiger partial charge in [0.2, 0.25) is 0 Å². The van der Waals surface area contributed by atoms with Crippen LogP contribution in [0.2, 0.25) is 0 Å². The number of ether oxygens (including phenoxy) is 3. The summed E-state index contributed by atoms with van der Waals surface area (Å²) in [4.78, 5) is 35.2. The third-order valence-corrected chi connectivity index (χ3v) is 12.1. The lowest BCUT2D eigenvalue weighted by Gasteiger charge is -2.19. The number of phosphoric acid groups is 1. The Hall–Kier alpha value is -2.53. The van der Waals surface area contributed by atoms with Gasteiger partial charge in [-0.15, -0.1) is 0 Å². The predicted molar refractivity (Wildman–Crippen MR) is 245 cm³/mol. The maximum Gasteiger partial charge on any atom is 0.472 e. The zero-order chi connectivity index (χ0) is 44.4. The van der Waals surface area contributed by atoms with Gasteiger partial charge in [0.05, 0.1) is 25.4 Å². The van der Waals surface area contributed by atoms with Crippen molar-refractivity contribution in [3.63, 3.8) is 0 Å². The molecule has 3 N–H and O–H groups in total. The van der Waals surface area contributed by atoms with Gasteiger partial charge in [0.1, 0.15) is 18.1 Å². The highest BCUT2D eigenvalue weighted by Crippen LogP contribution is 2.43. The molecule has 11 nitrogen and oxygen atoms in total. The summed E-state index contributed by atoms with van der Waals surface area (Å²) >= 11 is 0. The molecule has 3 unspecified atom stereocenters. The third kappa shape index (κ3) is 28.0. The first-order valence-corrected chi connectivity index (χ1v) is 25.4. The molecule has 0 bridgehead atoms. The number of aryl methyl sites for hydroxylation is 2. The fraction of sp³-hybridized carbons (Fsp3) is 0.755. The number of esters is 2. The second kappa shape index (κ2) is 34.9. The molecule has 350 valence electrons. The van der Waals surface area contributed by atoms with Gasteiger partial charge < -0.3 is 29.3 Å². The molecule has 0 radical (unpaired) electrons. The first-order chi connectivity index (χ1) is 29.6. The lowest BCUT2D eigenvalue weighted by atomic mass is 10.0. The molecule has 2 heterocycles. The van der Waals surface area contributed by atoms with Gasteiger partial charge >= 0.3 is 19.8 Å². The number of allylic oxidation sites excluding steroid dienone is 5. The molecule has 61 heavy (non-hydrogen) atoms. The number of nitrogens with two attached hydrogens (primary N) is 1. The molecule has 2 rings (SSSR count). The smallest absolute Gasteiger partial charge is 0.466 e. The minimum Gasteiger partial charge on any atom is -0.466 e. The van der Waals surface area contributed by atoms with Crippen LogP contribution < -0.4 is 5.73 Å². The number of rotatable bonds is 40. The number of hydrogen-bond acceptors (Lipinski definition) is 10. The number of hydrogen-bond donors (Lipinski definition) is 2. The van der Waals surface area contributed by atoms with Crippen molar-refractivity contribution in [1.82, 2.24) is 0 Å². The van der Waals surface area contributed by atoms with Gasteiger partial charge in [0.15, 0.2) is 6.10 Å². The Labute approximate surface area is 369 Å². The molecule has 12 heteroatoms. The second-order valence-electron chi connectivity index (χ2n) is 16.6. The number of furan rings is 1. The summed E-state index contributed by atoms with van der Waals surface area (Å²) in [5.41, 5.74) is 8.05. The van der Waals surface area contributed by atoms with Crippen molar-refractivity contribution in [2.24, 2.45) is 5.73 Å². The third-order valence-electron chi connectivity index (χ3n) is 11.2. The van der Waals surface area contributed by atoms with Crippen molar-refractivity contribution >= 4 is 19.8 Å². The van der Waals surface area contributed by atoms with Gasteiger partial charge in [-0.05, 0) is 89.2 Å². The molecule has 0 aromatic carbocycles. The SMILES string of the molecule is CCCCC/C=C\C/C=C\C/C=C\CC1OC1CCCC(=O)OC[C@H](COP(=O)(O)OCCN)OC(=O)CCCCCCCCCCCCc1oc(CCCCC)c(C)c1C. The van der Waals surface area contributed by atoms with E-state index in [0.717, 1.165) is 64.2 Å². The molecule has 1 aromatic rings. The van der Waals surface area contributed by atoms with Crippen molar-refractivity contribution < 1.29 is 46.7 Å². The van der Waals surface area contributed by atoms with Gasteiger partial charge in [0.25, 0.3) is 0 Å². The van der Waals surface area contributed by atoms with E-state index in [1.807, 2.05) is 0 Å². The van der Waals surface area contributed by atoms with Crippen molar-refractivity contribution in [2.45, 2.75) is 213 Å². The van der Waals surface area contributed by atoms with Crippen LogP contribution in [0.3, 0.4) is 0 Å². The Kier molecular flexibility index (Phi) is 31.2. The van der Waals surface area contributed by atoms with E-state index in [-0.39, 0.29) is 44.8 Å². The number of carbonyl (C=O) groups is 2. The fourth-order valence-corrected chi connectivity index (χ4v) is 7.96. The normalized spacial score (nSPS) is 16.8. The van der Waals surface area contributed by atoms with Gasteiger partial charge in [-0.25, -0.2) is 4.57 Å². The standard InChI is InChI=1S/C49H84NO10P/c1-5-7-9-10-11-12-13-14-18-21-24-28-33-46-47(60-46)34-30-36-48(51)55-39-43(40-57-61(53,54)56-38-37-50)58-49(52)35-29-25-22-19-16-15-17-20-23-27-32-45-42(4)41(3)44(59-45)31-26-8-6-2/h11-12,14,18,24,28,43,46-47H,5-10,13,15-17,19-23,25-27,29-40,50H2,1-4H3,(H,53,54)/b12-11-,18-14-,28-24-/t43-,46?,47?/m1/s1. The Balaban J connectivity index is 1.56. The van der Waals surface area contributed by atoms with Crippen LogP contribution in [0.4, 0.5) is 0 Å². The Morgan fingerprint density at radius 3 is 1.89 bits per heavy atom. The Morgan fingerprint density at radius 1 is 0.689 bits per heavy atom. The van der Waals surface area contributed by atoms with E-state index in [1.54, 1.807) is 0 Å². The zero-order valence-corrected chi connectivity index (χ0v) is 39.4. The van der Waals surface area contributed by atoms with E-state index < -0.39 is 32.5 Å². The molecule has 1 aliphatic heterocycles. The molecular formula is C49H84NO10P.